The van der Waals surface area contributed by atoms with E-state index in [2.05, 4.69) is 10.1 Å². The number of hydrogen-bond acceptors (Lipinski definition) is 7. The van der Waals surface area contributed by atoms with Crippen molar-refractivity contribution in [3.05, 3.63) is 83.2 Å². The lowest BCUT2D eigenvalue weighted by atomic mass is 9.77. The molecule has 3 aromatic carbocycles. The highest BCUT2D eigenvalue weighted by Gasteiger charge is 2.57. The number of hydrogen-bond donors (Lipinski definition) is 0. The van der Waals surface area contributed by atoms with Gasteiger partial charge in [0.25, 0.3) is 0 Å². The van der Waals surface area contributed by atoms with E-state index in [1.165, 1.54) is 0 Å². The van der Waals surface area contributed by atoms with Crippen molar-refractivity contribution in [1.82, 2.24) is 10.1 Å². The highest BCUT2D eigenvalue weighted by atomic mass is 16.6. The van der Waals surface area contributed by atoms with E-state index in [0.29, 0.717) is 48.7 Å². The van der Waals surface area contributed by atoms with Crippen LogP contribution in [-0.2, 0) is 16.8 Å². The van der Waals surface area contributed by atoms with Crippen molar-refractivity contribution in [1.29, 1.82) is 0 Å². The summed E-state index contributed by atoms with van der Waals surface area (Å²) < 4.78 is 22.8. The average Bonchev–Trinajstić information content (AvgIpc) is 3.55. The quantitative estimate of drug-likeness (QED) is 0.449. The van der Waals surface area contributed by atoms with Gasteiger partial charge in [-0.25, -0.2) is 0 Å². The zero-order chi connectivity index (χ0) is 23.6. The zero-order valence-corrected chi connectivity index (χ0v) is 19.0. The van der Waals surface area contributed by atoms with Gasteiger partial charge in [0.15, 0.2) is 11.5 Å². The predicted molar refractivity (Wildman–Crippen MR) is 126 cm³/mol. The molecule has 1 spiro atoms. The summed E-state index contributed by atoms with van der Waals surface area (Å²) in [6.07, 6.45) is 0. The summed E-state index contributed by atoms with van der Waals surface area (Å²) in [5.74, 6) is 2.97. The second-order valence-corrected chi connectivity index (χ2v) is 8.93. The lowest BCUT2D eigenvalue weighted by molar-refractivity contribution is -0.122. The van der Waals surface area contributed by atoms with Crippen LogP contribution in [0, 0.1) is 6.92 Å². The third-order valence-electron chi connectivity index (χ3n) is 6.87. The number of fused-ring (bicyclic) bond motifs is 5. The molecule has 0 bridgehead atoms. The van der Waals surface area contributed by atoms with E-state index in [4.69, 9.17) is 18.7 Å². The molecule has 1 atom stereocenters. The maximum atomic E-state index is 14.2. The fraction of sp³-hybridized carbons (Fsp3) is 0.222. The van der Waals surface area contributed by atoms with Crippen LogP contribution >= 0.6 is 0 Å². The molecule has 1 aromatic heterocycles. The summed E-state index contributed by atoms with van der Waals surface area (Å²) >= 11 is 0. The molecule has 0 fully saturated rings. The van der Waals surface area contributed by atoms with Crippen LogP contribution in [0.3, 0.4) is 0 Å². The van der Waals surface area contributed by atoms with Gasteiger partial charge in [0.05, 0.1) is 6.54 Å². The molecule has 35 heavy (non-hydrogen) atoms. The van der Waals surface area contributed by atoms with Crippen LogP contribution in [0.25, 0.3) is 11.4 Å². The van der Waals surface area contributed by atoms with Crippen LogP contribution in [0.1, 0.15) is 22.6 Å². The van der Waals surface area contributed by atoms with E-state index in [0.717, 1.165) is 27.9 Å². The number of rotatable bonds is 3. The Bertz CT molecular complexity index is 1500. The van der Waals surface area contributed by atoms with Crippen LogP contribution in [0.15, 0.2) is 65.2 Å². The summed E-state index contributed by atoms with van der Waals surface area (Å²) in [6.45, 7) is 3.37. The van der Waals surface area contributed by atoms with Gasteiger partial charge in [-0.1, -0.05) is 41.6 Å². The highest BCUT2D eigenvalue weighted by Crippen LogP contribution is 2.55. The standard InChI is InChI=1S/C27H21N3O5/c1-16-28-25(29-35-16)18-6-4-5-17(11-18)14-30-21-8-3-2-7-19(21)27(26(30)31)15-34-22-13-24-23(12-20(22)27)32-9-10-33-24/h2-8,11-13H,9-10,14-15H2,1H3. The Balaban J connectivity index is 1.30. The van der Waals surface area contributed by atoms with Gasteiger partial charge >= 0.3 is 0 Å². The molecular formula is C27H21N3O5. The fourth-order valence-corrected chi connectivity index (χ4v) is 5.28. The summed E-state index contributed by atoms with van der Waals surface area (Å²) in [5.41, 5.74) is 3.51. The molecule has 4 heterocycles. The lowest BCUT2D eigenvalue weighted by Crippen LogP contribution is -2.42. The zero-order valence-electron chi connectivity index (χ0n) is 19.0. The molecule has 0 saturated carbocycles. The second kappa shape index (κ2) is 7.33. The first-order chi connectivity index (χ1) is 17.1. The number of para-hydroxylation sites is 1. The Morgan fingerprint density at radius 1 is 0.914 bits per heavy atom. The Kier molecular flexibility index (Phi) is 4.21. The number of aryl methyl sites for hydroxylation is 1. The number of aromatic nitrogens is 2. The van der Waals surface area contributed by atoms with Crippen LogP contribution < -0.4 is 19.1 Å². The molecule has 4 aromatic rings. The Labute approximate surface area is 201 Å². The largest absolute Gasteiger partial charge is 0.491 e. The van der Waals surface area contributed by atoms with E-state index in [9.17, 15) is 4.79 Å². The molecule has 0 saturated heterocycles. The second-order valence-electron chi connectivity index (χ2n) is 8.93. The van der Waals surface area contributed by atoms with Crippen molar-refractivity contribution in [2.45, 2.75) is 18.9 Å². The third-order valence-corrected chi connectivity index (χ3v) is 6.87. The minimum atomic E-state index is -0.926. The molecule has 8 heteroatoms. The minimum Gasteiger partial charge on any atom is -0.491 e. The first-order valence-corrected chi connectivity index (χ1v) is 11.5. The van der Waals surface area contributed by atoms with Gasteiger partial charge in [-0.2, -0.15) is 4.98 Å². The minimum absolute atomic E-state index is 0.0186. The van der Waals surface area contributed by atoms with Crippen molar-refractivity contribution in [3.8, 4) is 28.6 Å². The number of amides is 1. The number of nitrogens with zero attached hydrogens (tertiary/aromatic N) is 3. The van der Waals surface area contributed by atoms with Crippen molar-refractivity contribution >= 4 is 11.6 Å². The molecule has 0 radical (unpaired) electrons. The molecule has 3 aliphatic heterocycles. The van der Waals surface area contributed by atoms with E-state index >= 15 is 0 Å². The predicted octanol–water partition coefficient (Wildman–Crippen LogP) is 4.04. The topological polar surface area (TPSA) is 86.9 Å². The van der Waals surface area contributed by atoms with Gasteiger partial charge in [0.2, 0.25) is 17.6 Å². The van der Waals surface area contributed by atoms with E-state index in [-0.39, 0.29) is 12.5 Å². The molecule has 1 unspecified atom stereocenters. The van der Waals surface area contributed by atoms with E-state index in [1.54, 1.807) is 6.92 Å². The number of carbonyl (C=O) groups excluding carboxylic acids is 1. The first-order valence-electron chi connectivity index (χ1n) is 11.5. The van der Waals surface area contributed by atoms with Crippen LogP contribution in [0.2, 0.25) is 0 Å². The molecule has 3 aliphatic rings. The first kappa shape index (κ1) is 20.1. The summed E-state index contributed by atoms with van der Waals surface area (Å²) in [7, 11) is 0. The maximum absolute atomic E-state index is 14.2. The van der Waals surface area contributed by atoms with Crippen molar-refractivity contribution in [3.63, 3.8) is 0 Å². The average molecular weight is 467 g/mol. The summed E-state index contributed by atoms with van der Waals surface area (Å²) in [6, 6.07) is 19.5. The summed E-state index contributed by atoms with van der Waals surface area (Å²) in [5, 5.41) is 4.02. The summed E-state index contributed by atoms with van der Waals surface area (Å²) in [4.78, 5) is 20.4. The number of benzene rings is 3. The molecule has 8 nitrogen and oxygen atoms in total. The van der Waals surface area contributed by atoms with Gasteiger partial charge in [-0.05, 0) is 29.3 Å². The van der Waals surface area contributed by atoms with Crippen LogP contribution in [0.5, 0.6) is 17.2 Å². The maximum Gasteiger partial charge on any atom is 0.246 e. The van der Waals surface area contributed by atoms with Crippen LogP contribution in [0.4, 0.5) is 5.69 Å². The third kappa shape index (κ3) is 2.89. The van der Waals surface area contributed by atoms with Gasteiger partial charge < -0.3 is 23.6 Å². The Hall–Kier alpha value is -4.33. The lowest BCUT2D eigenvalue weighted by Gasteiger charge is -2.24. The Morgan fingerprint density at radius 2 is 1.74 bits per heavy atom. The van der Waals surface area contributed by atoms with Gasteiger partial charge in [0.1, 0.15) is 31.0 Å². The van der Waals surface area contributed by atoms with E-state index < -0.39 is 5.41 Å². The van der Waals surface area contributed by atoms with Crippen molar-refractivity contribution in [2.75, 3.05) is 24.7 Å². The fourth-order valence-electron chi connectivity index (χ4n) is 5.28. The number of anilines is 1. The molecule has 174 valence electrons. The molecule has 0 N–H and O–H groups in total. The van der Waals surface area contributed by atoms with Gasteiger partial charge in [-0.3, -0.25) is 4.79 Å². The van der Waals surface area contributed by atoms with E-state index in [1.807, 2.05) is 65.6 Å². The SMILES string of the molecule is Cc1nc(-c2cccc(CN3C(=O)C4(COc5cc6c(cc54)OCCO6)c4ccccc43)c2)no1. The molecule has 1 amide bonds. The highest BCUT2D eigenvalue weighted by molar-refractivity contribution is 6.11. The molecule has 0 aliphatic carbocycles. The monoisotopic (exact) mass is 467 g/mol. The van der Waals surface area contributed by atoms with Gasteiger partial charge in [-0.15, -0.1) is 0 Å². The molecular weight excluding hydrogens is 446 g/mol. The smallest absolute Gasteiger partial charge is 0.246 e. The number of ether oxygens (including phenoxy) is 3. The van der Waals surface area contributed by atoms with Crippen molar-refractivity contribution in [2.24, 2.45) is 0 Å². The van der Waals surface area contributed by atoms with Gasteiger partial charge in [0, 0.05) is 29.8 Å². The van der Waals surface area contributed by atoms with Crippen molar-refractivity contribution < 1.29 is 23.5 Å². The Morgan fingerprint density at radius 3 is 2.57 bits per heavy atom. The normalized spacial score (nSPS) is 19.6. The van der Waals surface area contributed by atoms with Crippen LogP contribution in [-0.4, -0.2) is 35.9 Å². The number of carbonyl (C=O) groups is 1. The molecule has 7 rings (SSSR count).